The van der Waals surface area contributed by atoms with E-state index in [9.17, 15) is 39.0 Å². The van der Waals surface area contributed by atoms with E-state index in [-0.39, 0.29) is 49.9 Å². The SMILES string of the molecule is CCC(C)C(NCC(C=O)(Cc1ccc(O)cc1)NC(=O)C(N)C(C)C)C(=O)NC(Cc1cnc[nH]1)C(=O)N1CCCC1C(=O)NC(Cc1ccccc1)C(=O)O. The number of carbonyl (C=O) groups is 6. The van der Waals surface area contributed by atoms with Crippen molar-refractivity contribution < 1.29 is 39.0 Å². The number of hydrogen-bond donors (Lipinski definition) is 8. The van der Waals surface area contributed by atoms with Crippen LogP contribution in [0.5, 0.6) is 5.75 Å². The molecule has 2 aromatic carbocycles. The van der Waals surface area contributed by atoms with Gasteiger partial charge in [-0.3, -0.25) is 19.2 Å². The fourth-order valence-electron chi connectivity index (χ4n) is 6.85. The van der Waals surface area contributed by atoms with Crippen molar-refractivity contribution >= 4 is 35.9 Å². The van der Waals surface area contributed by atoms with E-state index in [1.54, 1.807) is 50.2 Å². The van der Waals surface area contributed by atoms with E-state index in [2.05, 4.69) is 31.2 Å². The molecule has 4 rings (SSSR count). The van der Waals surface area contributed by atoms with Crippen molar-refractivity contribution in [3.05, 3.63) is 83.9 Å². The van der Waals surface area contributed by atoms with Crippen LogP contribution in [0.1, 0.15) is 63.8 Å². The summed E-state index contributed by atoms with van der Waals surface area (Å²) in [5.74, 6) is -3.96. The third-order valence-corrected chi connectivity index (χ3v) is 10.5. The van der Waals surface area contributed by atoms with Crippen molar-refractivity contribution in [2.24, 2.45) is 17.6 Å². The molecule has 0 bridgehead atoms. The normalized spacial score (nSPS) is 17.7. The second-order valence-corrected chi connectivity index (χ2v) is 15.2. The maximum Gasteiger partial charge on any atom is 0.326 e. The number of carboxylic acids is 1. The molecule has 0 saturated carbocycles. The van der Waals surface area contributed by atoms with Crippen LogP contribution in [0.15, 0.2) is 67.1 Å². The maximum absolute atomic E-state index is 14.4. The first-order valence-corrected chi connectivity index (χ1v) is 19.4. The molecule has 57 heavy (non-hydrogen) atoms. The van der Waals surface area contributed by atoms with Crippen LogP contribution < -0.4 is 27.0 Å². The van der Waals surface area contributed by atoms with Gasteiger partial charge in [0.2, 0.25) is 23.6 Å². The van der Waals surface area contributed by atoms with Crippen LogP contribution in [0.25, 0.3) is 0 Å². The summed E-state index contributed by atoms with van der Waals surface area (Å²) in [6.45, 7) is 7.33. The Morgan fingerprint density at radius 3 is 2.28 bits per heavy atom. The van der Waals surface area contributed by atoms with E-state index < -0.39 is 65.3 Å². The van der Waals surface area contributed by atoms with E-state index >= 15 is 0 Å². The molecule has 4 amide bonds. The second kappa shape index (κ2) is 20.5. The van der Waals surface area contributed by atoms with Gasteiger partial charge in [0.1, 0.15) is 35.7 Å². The van der Waals surface area contributed by atoms with Gasteiger partial charge in [-0.25, -0.2) is 9.78 Å². The Labute approximate surface area is 332 Å². The fraction of sp³-hybridized carbons (Fsp3) is 0.488. The minimum absolute atomic E-state index is 0.0106. The van der Waals surface area contributed by atoms with Gasteiger partial charge in [0.05, 0.1) is 18.4 Å². The molecule has 7 atom stereocenters. The van der Waals surface area contributed by atoms with E-state index in [0.717, 1.165) is 5.56 Å². The summed E-state index contributed by atoms with van der Waals surface area (Å²) in [5.41, 5.74) is 6.51. The summed E-state index contributed by atoms with van der Waals surface area (Å²) in [6, 6.07) is 9.89. The quantitative estimate of drug-likeness (QED) is 0.0714. The van der Waals surface area contributed by atoms with Gasteiger partial charge in [-0.2, -0.15) is 0 Å². The lowest BCUT2D eigenvalue weighted by Gasteiger charge is -2.35. The van der Waals surface area contributed by atoms with Crippen molar-refractivity contribution in [2.45, 2.75) is 102 Å². The van der Waals surface area contributed by atoms with Crippen LogP contribution in [-0.2, 0) is 48.0 Å². The minimum Gasteiger partial charge on any atom is -0.508 e. The number of benzene rings is 2. The predicted molar refractivity (Wildman–Crippen MR) is 211 cm³/mol. The van der Waals surface area contributed by atoms with Crippen LogP contribution in [-0.4, -0.2) is 110 Å². The van der Waals surface area contributed by atoms with Gasteiger partial charge >= 0.3 is 5.97 Å². The van der Waals surface area contributed by atoms with E-state index in [4.69, 9.17) is 5.73 Å². The van der Waals surface area contributed by atoms with Crippen LogP contribution in [0.3, 0.4) is 0 Å². The number of amides is 4. The van der Waals surface area contributed by atoms with E-state index in [1.165, 1.54) is 29.6 Å². The molecule has 1 aliphatic rings. The summed E-state index contributed by atoms with van der Waals surface area (Å²) in [4.78, 5) is 89.0. The molecule has 16 nitrogen and oxygen atoms in total. The monoisotopic (exact) mass is 788 g/mol. The number of H-pyrrole nitrogens is 1. The van der Waals surface area contributed by atoms with E-state index in [1.807, 2.05) is 19.9 Å². The molecule has 0 radical (unpaired) electrons. The average Bonchev–Trinajstić information content (AvgIpc) is 3.91. The van der Waals surface area contributed by atoms with Crippen LogP contribution >= 0.6 is 0 Å². The largest absolute Gasteiger partial charge is 0.508 e. The molecule has 308 valence electrons. The van der Waals surface area contributed by atoms with E-state index in [0.29, 0.717) is 36.8 Å². The van der Waals surface area contributed by atoms with Gasteiger partial charge in [0, 0.05) is 44.2 Å². The summed E-state index contributed by atoms with van der Waals surface area (Å²) < 4.78 is 0. The lowest BCUT2D eigenvalue weighted by atomic mass is 9.89. The van der Waals surface area contributed by atoms with Crippen LogP contribution in [0.4, 0.5) is 0 Å². The Balaban J connectivity index is 1.57. The first kappa shape index (κ1) is 44.1. The number of nitrogens with one attached hydrogen (secondary N) is 5. The van der Waals surface area contributed by atoms with Crippen LogP contribution in [0, 0.1) is 11.8 Å². The predicted octanol–water partition coefficient (Wildman–Crippen LogP) is 1.23. The first-order valence-electron chi connectivity index (χ1n) is 19.4. The molecular formula is C41H56N8O8. The number of aromatic nitrogens is 2. The van der Waals surface area contributed by atoms with Gasteiger partial charge in [0.15, 0.2) is 0 Å². The number of nitrogens with two attached hydrogens (primary N) is 1. The number of aldehydes is 1. The van der Waals surface area contributed by atoms with Gasteiger partial charge in [-0.05, 0) is 47.9 Å². The second-order valence-electron chi connectivity index (χ2n) is 15.2. The fourth-order valence-corrected chi connectivity index (χ4v) is 6.85. The minimum atomic E-state index is -1.55. The Morgan fingerprint density at radius 1 is 0.982 bits per heavy atom. The van der Waals surface area contributed by atoms with Gasteiger partial charge < -0.3 is 51.9 Å². The number of carbonyl (C=O) groups excluding carboxylic acids is 5. The smallest absolute Gasteiger partial charge is 0.326 e. The molecule has 9 N–H and O–H groups in total. The standard InChI is InChI=1S/C41H56N8O8/c1-5-26(4)35(44-22-41(23-50,48-37(53)34(42)25(2)3)20-28-13-15-30(51)16-14-28)38(54)46-31(19-29-21-43-24-45-29)39(55)49-17-9-12-33(49)36(52)47-32(40(56)57)18-27-10-7-6-8-11-27/h6-8,10-11,13-16,21,23-26,31-35,44,51H,5,9,12,17-20,22,42H2,1-4H3,(H,43,45)(H,46,54)(H,47,52)(H,48,53)(H,56,57). The number of carboxylic acid groups (broad SMARTS) is 1. The summed E-state index contributed by atoms with van der Waals surface area (Å²) in [6.07, 6.45) is 4.99. The number of phenols is 1. The number of imidazole rings is 1. The Bertz CT molecular complexity index is 1810. The number of aromatic amines is 1. The van der Waals surface area contributed by atoms with Gasteiger partial charge in [-0.15, -0.1) is 0 Å². The number of phenolic OH excluding ortho intramolecular Hbond substituents is 1. The van der Waals surface area contributed by atoms with Crippen molar-refractivity contribution in [1.29, 1.82) is 0 Å². The molecule has 16 heteroatoms. The lowest BCUT2D eigenvalue weighted by Crippen LogP contribution is -2.64. The molecule has 3 aromatic rings. The number of aromatic hydroxyl groups is 1. The highest BCUT2D eigenvalue weighted by Crippen LogP contribution is 2.22. The highest BCUT2D eigenvalue weighted by atomic mass is 16.4. The van der Waals surface area contributed by atoms with Crippen molar-refractivity contribution in [3.8, 4) is 5.75 Å². The molecule has 1 saturated heterocycles. The molecule has 7 unspecified atom stereocenters. The molecule has 1 fully saturated rings. The van der Waals surface area contributed by atoms with Gasteiger partial charge in [-0.1, -0.05) is 76.6 Å². The number of hydrogen-bond acceptors (Lipinski definition) is 10. The molecule has 1 aromatic heterocycles. The third-order valence-electron chi connectivity index (χ3n) is 10.5. The van der Waals surface area contributed by atoms with Crippen molar-refractivity contribution in [2.75, 3.05) is 13.1 Å². The van der Waals surface area contributed by atoms with Crippen molar-refractivity contribution in [3.63, 3.8) is 0 Å². The third kappa shape index (κ3) is 12.2. The summed E-state index contributed by atoms with van der Waals surface area (Å²) in [5, 5.41) is 31.3. The zero-order valence-corrected chi connectivity index (χ0v) is 32.9. The average molecular weight is 789 g/mol. The Kier molecular flexibility index (Phi) is 15.9. The van der Waals surface area contributed by atoms with Crippen LogP contribution in [0.2, 0.25) is 0 Å². The summed E-state index contributed by atoms with van der Waals surface area (Å²) in [7, 11) is 0. The molecule has 0 aliphatic carbocycles. The van der Waals surface area contributed by atoms with Crippen molar-refractivity contribution in [1.82, 2.24) is 36.1 Å². The lowest BCUT2D eigenvalue weighted by molar-refractivity contribution is -0.145. The zero-order chi connectivity index (χ0) is 41.7. The van der Waals surface area contributed by atoms with Gasteiger partial charge in [0.25, 0.3) is 0 Å². The number of likely N-dealkylation sites (tertiary alicyclic amines) is 1. The number of rotatable bonds is 21. The number of aliphatic carboxylic acids is 1. The first-order chi connectivity index (χ1) is 27.2. The molecular weight excluding hydrogens is 732 g/mol. The molecule has 2 heterocycles. The number of nitrogens with zero attached hydrogens (tertiary/aromatic N) is 2. The Hall–Kier alpha value is -5.61. The highest BCUT2D eigenvalue weighted by molar-refractivity contribution is 5.95. The summed E-state index contributed by atoms with van der Waals surface area (Å²) >= 11 is 0. The topological polar surface area (TPSA) is 249 Å². The molecule has 1 aliphatic heterocycles. The maximum atomic E-state index is 14.4. The zero-order valence-electron chi connectivity index (χ0n) is 32.9. The highest BCUT2D eigenvalue weighted by Gasteiger charge is 2.41. The molecule has 0 spiro atoms. The Morgan fingerprint density at radius 2 is 1.68 bits per heavy atom.